The van der Waals surface area contributed by atoms with Crippen molar-refractivity contribution in [2.24, 2.45) is 11.7 Å². The third-order valence-corrected chi connectivity index (χ3v) is 3.02. The van der Waals surface area contributed by atoms with Gasteiger partial charge in [-0.1, -0.05) is 27.2 Å². The van der Waals surface area contributed by atoms with Crippen molar-refractivity contribution >= 4 is 11.8 Å². The van der Waals surface area contributed by atoms with E-state index in [4.69, 9.17) is 5.73 Å². The van der Waals surface area contributed by atoms with Gasteiger partial charge in [0.1, 0.15) is 0 Å². The lowest BCUT2D eigenvalue weighted by Crippen LogP contribution is -2.30. The van der Waals surface area contributed by atoms with Crippen LogP contribution in [-0.2, 0) is 0 Å². The van der Waals surface area contributed by atoms with Gasteiger partial charge in [0.25, 0.3) is 0 Å². The Bertz CT molecular complexity index is 85.6. The molecule has 0 heterocycles. The van der Waals surface area contributed by atoms with Gasteiger partial charge in [0, 0.05) is 11.8 Å². The molecule has 2 heteroatoms. The van der Waals surface area contributed by atoms with E-state index in [9.17, 15) is 0 Å². The average molecular weight is 175 g/mol. The summed E-state index contributed by atoms with van der Waals surface area (Å²) < 4.78 is 0. The van der Waals surface area contributed by atoms with Gasteiger partial charge in [-0.3, -0.25) is 0 Å². The highest BCUT2D eigenvalue weighted by Gasteiger charge is 2.10. The normalized spacial score (nSPS) is 16.4. The summed E-state index contributed by atoms with van der Waals surface area (Å²) in [5, 5.41) is 0. The van der Waals surface area contributed by atoms with Crippen molar-refractivity contribution in [3.63, 3.8) is 0 Å². The summed E-state index contributed by atoms with van der Waals surface area (Å²) in [5.74, 6) is 3.00. The highest BCUT2D eigenvalue weighted by Crippen LogP contribution is 2.12. The number of nitrogens with two attached hydrogens (primary N) is 1. The summed E-state index contributed by atoms with van der Waals surface area (Å²) in [4.78, 5) is 0. The first-order chi connectivity index (χ1) is 5.22. The van der Waals surface area contributed by atoms with Crippen LogP contribution in [0.3, 0.4) is 0 Å². The van der Waals surface area contributed by atoms with E-state index in [0.717, 1.165) is 5.75 Å². The fourth-order valence-corrected chi connectivity index (χ4v) is 1.92. The van der Waals surface area contributed by atoms with E-state index in [1.165, 1.54) is 18.6 Å². The molecule has 0 aromatic rings. The van der Waals surface area contributed by atoms with Crippen LogP contribution in [0.2, 0.25) is 0 Å². The van der Waals surface area contributed by atoms with Gasteiger partial charge in [-0.05, 0) is 18.1 Å². The number of hydrogen-bond acceptors (Lipinski definition) is 2. The molecule has 0 saturated heterocycles. The molecule has 2 unspecified atom stereocenters. The predicted molar refractivity (Wildman–Crippen MR) is 55.0 cm³/mol. The highest BCUT2D eigenvalue weighted by atomic mass is 32.2. The number of thioether (sulfide) groups is 1. The quantitative estimate of drug-likeness (QED) is 0.671. The average Bonchev–Trinajstić information content (AvgIpc) is 2.00. The standard InChI is InChI=1S/C9H21NS/c1-4-6-8(3)9(10)7-11-5-2/h8-9H,4-7,10H2,1-3H3. The van der Waals surface area contributed by atoms with Crippen LogP contribution < -0.4 is 5.73 Å². The molecule has 11 heavy (non-hydrogen) atoms. The smallest absolute Gasteiger partial charge is 0.0156 e. The number of hydrogen-bond donors (Lipinski definition) is 1. The molecule has 68 valence electrons. The fourth-order valence-electron chi connectivity index (χ4n) is 1.09. The second-order valence-corrected chi connectivity index (χ2v) is 4.41. The van der Waals surface area contributed by atoms with Crippen LogP contribution in [0.5, 0.6) is 0 Å². The Morgan fingerprint density at radius 2 is 2.00 bits per heavy atom. The van der Waals surface area contributed by atoms with Crippen molar-refractivity contribution in [2.45, 2.75) is 39.7 Å². The largest absolute Gasteiger partial charge is 0.327 e. The molecule has 0 fully saturated rings. The molecule has 0 aliphatic carbocycles. The van der Waals surface area contributed by atoms with Crippen molar-refractivity contribution in [1.29, 1.82) is 0 Å². The molecule has 0 aromatic heterocycles. The van der Waals surface area contributed by atoms with Crippen molar-refractivity contribution in [3.8, 4) is 0 Å². The van der Waals surface area contributed by atoms with Gasteiger partial charge in [-0.15, -0.1) is 0 Å². The lowest BCUT2D eigenvalue weighted by Gasteiger charge is -2.18. The van der Waals surface area contributed by atoms with Crippen LogP contribution in [0, 0.1) is 5.92 Å². The second-order valence-electron chi connectivity index (χ2n) is 3.09. The van der Waals surface area contributed by atoms with E-state index in [1.807, 2.05) is 11.8 Å². The first kappa shape index (κ1) is 11.3. The summed E-state index contributed by atoms with van der Waals surface area (Å²) in [6, 6.07) is 0.403. The van der Waals surface area contributed by atoms with Crippen molar-refractivity contribution in [3.05, 3.63) is 0 Å². The van der Waals surface area contributed by atoms with E-state index in [1.54, 1.807) is 0 Å². The third-order valence-electron chi connectivity index (χ3n) is 1.99. The molecule has 0 bridgehead atoms. The fraction of sp³-hybridized carbons (Fsp3) is 1.00. The zero-order valence-corrected chi connectivity index (χ0v) is 8.79. The minimum absolute atomic E-state index is 0.403. The third kappa shape index (κ3) is 5.57. The van der Waals surface area contributed by atoms with Crippen LogP contribution in [0.25, 0.3) is 0 Å². The van der Waals surface area contributed by atoms with Crippen LogP contribution in [0.1, 0.15) is 33.6 Å². The van der Waals surface area contributed by atoms with Crippen molar-refractivity contribution in [2.75, 3.05) is 11.5 Å². The molecule has 0 amide bonds. The molecule has 2 N–H and O–H groups in total. The molecule has 0 spiro atoms. The van der Waals surface area contributed by atoms with Gasteiger partial charge in [-0.2, -0.15) is 11.8 Å². The molecule has 0 radical (unpaired) electrons. The minimum atomic E-state index is 0.403. The summed E-state index contributed by atoms with van der Waals surface area (Å²) >= 11 is 1.95. The minimum Gasteiger partial charge on any atom is -0.327 e. The Kier molecular flexibility index (Phi) is 7.18. The second kappa shape index (κ2) is 6.99. The van der Waals surface area contributed by atoms with E-state index in [2.05, 4.69) is 20.8 Å². The highest BCUT2D eigenvalue weighted by molar-refractivity contribution is 7.99. The first-order valence-corrected chi connectivity index (χ1v) is 5.71. The monoisotopic (exact) mass is 175 g/mol. The van der Waals surface area contributed by atoms with Crippen LogP contribution >= 0.6 is 11.8 Å². The Morgan fingerprint density at radius 3 is 2.45 bits per heavy atom. The molecule has 0 aliphatic rings. The molecule has 2 atom stereocenters. The Labute approximate surface area is 75.1 Å². The molecule has 0 aromatic carbocycles. The van der Waals surface area contributed by atoms with Gasteiger partial charge >= 0.3 is 0 Å². The Hall–Kier alpha value is 0.310. The first-order valence-electron chi connectivity index (χ1n) is 4.55. The maximum absolute atomic E-state index is 5.97. The van der Waals surface area contributed by atoms with E-state index in [0.29, 0.717) is 12.0 Å². The molecular weight excluding hydrogens is 154 g/mol. The lowest BCUT2D eigenvalue weighted by molar-refractivity contribution is 0.450. The topological polar surface area (TPSA) is 26.0 Å². The van der Waals surface area contributed by atoms with Crippen LogP contribution in [0.15, 0.2) is 0 Å². The van der Waals surface area contributed by atoms with Gasteiger partial charge in [0.2, 0.25) is 0 Å². The maximum Gasteiger partial charge on any atom is 0.0156 e. The van der Waals surface area contributed by atoms with Gasteiger partial charge in [-0.25, -0.2) is 0 Å². The van der Waals surface area contributed by atoms with Gasteiger partial charge in [0.05, 0.1) is 0 Å². The summed E-state index contributed by atoms with van der Waals surface area (Å²) in [6.45, 7) is 6.66. The summed E-state index contributed by atoms with van der Waals surface area (Å²) in [7, 11) is 0. The molecule has 0 aliphatic heterocycles. The Balaban J connectivity index is 3.38. The van der Waals surface area contributed by atoms with Crippen molar-refractivity contribution in [1.82, 2.24) is 0 Å². The lowest BCUT2D eigenvalue weighted by atomic mass is 9.99. The van der Waals surface area contributed by atoms with Gasteiger partial charge in [0.15, 0.2) is 0 Å². The summed E-state index contributed by atoms with van der Waals surface area (Å²) in [6.07, 6.45) is 2.52. The maximum atomic E-state index is 5.97. The van der Waals surface area contributed by atoms with E-state index in [-0.39, 0.29) is 0 Å². The molecule has 0 rings (SSSR count). The zero-order chi connectivity index (χ0) is 8.69. The molecular formula is C9H21NS. The van der Waals surface area contributed by atoms with Crippen molar-refractivity contribution < 1.29 is 0 Å². The molecule has 1 nitrogen and oxygen atoms in total. The van der Waals surface area contributed by atoms with Crippen LogP contribution in [0.4, 0.5) is 0 Å². The molecule has 0 saturated carbocycles. The Morgan fingerprint density at radius 1 is 1.36 bits per heavy atom. The van der Waals surface area contributed by atoms with E-state index >= 15 is 0 Å². The summed E-state index contributed by atoms with van der Waals surface area (Å²) in [5.41, 5.74) is 5.97. The predicted octanol–water partition coefficient (Wildman–Crippen LogP) is 2.50. The van der Waals surface area contributed by atoms with Gasteiger partial charge < -0.3 is 5.73 Å². The number of rotatable bonds is 6. The zero-order valence-electron chi connectivity index (χ0n) is 7.97. The van der Waals surface area contributed by atoms with Crippen LogP contribution in [-0.4, -0.2) is 17.5 Å². The SMILES string of the molecule is CCCC(C)C(N)CSCC. The van der Waals surface area contributed by atoms with E-state index < -0.39 is 0 Å².